The van der Waals surface area contributed by atoms with E-state index < -0.39 is 0 Å². The van der Waals surface area contributed by atoms with Gasteiger partial charge in [-0.25, -0.2) is 0 Å². The number of nitrogen functional groups attached to an aromatic ring is 1. The van der Waals surface area contributed by atoms with Crippen molar-refractivity contribution in [2.24, 2.45) is 0 Å². The Kier molecular flexibility index (Phi) is 3.97. The first-order valence-electron chi connectivity index (χ1n) is 6.58. The van der Waals surface area contributed by atoms with E-state index in [0.717, 1.165) is 43.3 Å². The van der Waals surface area contributed by atoms with Crippen molar-refractivity contribution in [3.8, 4) is 5.75 Å². The summed E-state index contributed by atoms with van der Waals surface area (Å²) >= 11 is 0. The van der Waals surface area contributed by atoms with Crippen molar-refractivity contribution in [2.75, 3.05) is 43.9 Å². The van der Waals surface area contributed by atoms with Gasteiger partial charge in [-0.2, -0.15) is 0 Å². The van der Waals surface area contributed by atoms with Gasteiger partial charge in [0, 0.05) is 31.7 Å². The number of likely N-dealkylation sites (N-methyl/N-ethyl adjacent to an activating group) is 1. The molecule has 2 N–H and O–H groups in total. The molecule has 0 bridgehead atoms. The Hall–Kier alpha value is -1.42. The van der Waals surface area contributed by atoms with Gasteiger partial charge < -0.3 is 15.4 Å². The average Bonchev–Trinajstić information content (AvgIpc) is 2.39. The Labute approximate surface area is 109 Å². The van der Waals surface area contributed by atoms with Gasteiger partial charge in [0.15, 0.2) is 0 Å². The van der Waals surface area contributed by atoms with Gasteiger partial charge in [0.1, 0.15) is 5.75 Å². The first kappa shape index (κ1) is 13.0. The first-order chi connectivity index (χ1) is 8.65. The average molecular weight is 249 g/mol. The highest BCUT2D eigenvalue weighted by Gasteiger charge is 2.23. The summed E-state index contributed by atoms with van der Waals surface area (Å²) in [4.78, 5) is 4.85. The van der Waals surface area contributed by atoms with Crippen LogP contribution in [0, 0.1) is 0 Å². The molecule has 1 heterocycles. The van der Waals surface area contributed by atoms with E-state index >= 15 is 0 Å². The molecule has 1 aliphatic rings. The molecule has 1 aromatic rings. The van der Waals surface area contributed by atoms with Crippen molar-refractivity contribution < 1.29 is 4.74 Å². The minimum atomic E-state index is 0.564. The molecular formula is C14H23N3O. The molecule has 0 aliphatic carbocycles. The maximum absolute atomic E-state index is 6.08. The highest BCUT2D eigenvalue weighted by Crippen LogP contribution is 2.29. The lowest BCUT2D eigenvalue weighted by molar-refractivity contribution is 0.199. The summed E-state index contributed by atoms with van der Waals surface area (Å²) in [5.41, 5.74) is 8.00. The van der Waals surface area contributed by atoms with Crippen LogP contribution in [-0.4, -0.2) is 44.2 Å². The number of hydrogen-bond donors (Lipinski definition) is 1. The highest BCUT2D eigenvalue weighted by atomic mass is 16.5. The smallest absolute Gasteiger partial charge is 0.121 e. The fraction of sp³-hybridized carbons (Fsp3) is 0.571. The van der Waals surface area contributed by atoms with Gasteiger partial charge in [-0.1, -0.05) is 6.92 Å². The molecule has 1 unspecified atom stereocenters. The van der Waals surface area contributed by atoms with E-state index in [1.165, 1.54) is 0 Å². The van der Waals surface area contributed by atoms with E-state index in [4.69, 9.17) is 10.5 Å². The minimum Gasteiger partial charge on any atom is -0.497 e. The minimum absolute atomic E-state index is 0.564. The lowest BCUT2D eigenvalue weighted by atomic mass is 10.1. The third-order valence-electron chi connectivity index (χ3n) is 3.75. The summed E-state index contributed by atoms with van der Waals surface area (Å²) in [7, 11) is 1.69. The van der Waals surface area contributed by atoms with Crippen molar-refractivity contribution in [1.29, 1.82) is 0 Å². The summed E-state index contributed by atoms with van der Waals surface area (Å²) in [5, 5.41) is 0. The number of benzene rings is 1. The third kappa shape index (κ3) is 2.53. The van der Waals surface area contributed by atoms with Crippen LogP contribution in [0.4, 0.5) is 11.4 Å². The fourth-order valence-corrected chi connectivity index (χ4v) is 2.61. The van der Waals surface area contributed by atoms with E-state index in [1.807, 2.05) is 18.2 Å². The quantitative estimate of drug-likeness (QED) is 0.830. The van der Waals surface area contributed by atoms with Crippen LogP contribution in [0.5, 0.6) is 5.75 Å². The number of anilines is 2. The topological polar surface area (TPSA) is 41.7 Å². The number of nitrogens with zero attached hydrogens (tertiary/aromatic N) is 2. The summed E-state index contributed by atoms with van der Waals surface area (Å²) in [5.74, 6) is 0.866. The summed E-state index contributed by atoms with van der Waals surface area (Å²) < 4.78 is 5.28. The maximum Gasteiger partial charge on any atom is 0.121 e. The van der Waals surface area contributed by atoms with Crippen molar-refractivity contribution in [3.63, 3.8) is 0 Å². The molecule has 1 saturated heterocycles. The summed E-state index contributed by atoms with van der Waals surface area (Å²) in [6.07, 6.45) is 0. The summed E-state index contributed by atoms with van der Waals surface area (Å²) in [6, 6.07) is 6.42. The zero-order valence-electron chi connectivity index (χ0n) is 11.5. The molecule has 0 spiro atoms. The van der Waals surface area contributed by atoms with Crippen molar-refractivity contribution in [1.82, 2.24) is 4.90 Å². The molecule has 0 radical (unpaired) electrons. The predicted molar refractivity (Wildman–Crippen MR) is 76.3 cm³/mol. The molecule has 18 heavy (non-hydrogen) atoms. The number of rotatable bonds is 3. The molecule has 0 aromatic heterocycles. The van der Waals surface area contributed by atoms with Crippen molar-refractivity contribution >= 4 is 11.4 Å². The maximum atomic E-state index is 6.08. The molecule has 1 aromatic carbocycles. The van der Waals surface area contributed by atoms with Gasteiger partial charge in [-0.15, -0.1) is 0 Å². The van der Waals surface area contributed by atoms with E-state index in [1.54, 1.807) is 7.11 Å². The van der Waals surface area contributed by atoms with Crippen LogP contribution in [0.3, 0.4) is 0 Å². The lowest BCUT2D eigenvalue weighted by Gasteiger charge is -2.40. The third-order valence-corrected chi connectivity index (χ3v) is 3.75. The largest absolute Gasteiger partial charge is 0.497 e. The van der Waals surface area contributed by atoms with E-state index in [-0.39, 0.29) is 0 Å². The second-order valence-electron chi connectivity index (χ2n) is 4.85. The summed E-state index contributed by atoms with van der Waals surface area (Å²) in [6.45, 7) is 8.73. The SMILES string of the molecule is CCN1CCN(c2cc(OC)ccc2N)CC1C. The predicted octanol–water partition coefficient (Wildman–Crippen LogP) is 1.81. The zero-order valence-corrected chi connectivity index (χ0v) is 11.5. The molecule has 1 fully saturated rings. The second-order valence-corrected chi connectivity index (χ2v) is 4.85. The van der Waals surface area contributed by atoms with Gasteiger partial charge in [-0.3, -0.25) is 4.90 Å². The van der Waals surface area contributed by atoms with Gasteiger partial charge in [0.25, 0.3) is 0 Å². The molecule has 1 aliphatic heterocycles. The van der Waals surface area contributed by atoms with Crippen molar-refractivity contribution in [2.45, 2.75) is 19.9 Å². The molecular weight excluding hydrogens is 226 g/mol. The molecule has 4 nitrogen and oxygen atoms in total. The zero-order chi connectivity index (χ0) is 13.1. The molecule has 4 heteroatoms. The van der Waals surface area contributed by atoms with Gasteiger partial charge in [0.05, 0.1) is 18.5 Å². The van der Waals surface area contributed by atoms with E-state index in [0.29, 0.717) is 6.04 Å². The first-order valence-corrected chi connectivity index (χ1v) is 6.58. The second kappa shape index (κ2) is 5.48. The normalized spacial score (nSPS) is 21.1. The lowest BCUT2D eigenvalue weighted by Crippen LogP contribution is -2.51. The molecule has 0 amide bonds. The van der Waals surface area contributed by atoms with Crippen LogP contribution < -0.4 is 15.4 Å². The Balaban J connectivity index is 2.17. The van der Waals surface area contributed by atoms with Crippen LogP contribution in [-0.2, 0) is 0 Å². The van der Waals surface area contributed by atoms with Gasteiger partial charge >= 0.3 is 0 Å². The van der Waals surface area contributed by atoms with E-state index in [2.05, 4.69) is 23.6 Å². The number of hydrogen-bond acceptors (Lipinski definition) is 4. The van der Waals surface area contributed by atoms with E-state index in [9.17, 15) is 0 Å². The highest BCUT2D eigenvalue weighted by molar-refractivity contribution is 5.70. The number of nitrogens with two attached hydrogens (primary N) is 1. The molecule has 1 atom stereocenters. The Morgan fingerprint density at radius 1 is 1.39 bits per heavy atom. The van der Waals surface area contributed by atoms with Crippen LogP contribution in [0.25, 0.3) is 0 Å². The van der Waals surface area contributed by atoms with Crippen LogP contribution in [0.15, 0.2) is 18.2 Å². The van der Waals surface area contributed by atoms with Crippen molar-refractivity contribution in [3.05, 3.63) is 18.2 Å². The number of ether oxygens (including phenoxy) is 1. The molecule has 0 saturated carbocycles. The van der Waals surface area contributed by atoms with Crippen LogP contribution in [0.1, 0.15) is 13.8 Å². The monoisotopic (exact) mass is 249 g/mol. The molecule has 2 rings (SSSR count). The Bertz CT molecular complexity index is 408. The molecule has 100 valence electrons. The Morgan fingerprint density at radius 3 is 2.78 bits per heavy atom. The standard InChI is InChI=1S/C14H23N3O/c1-4-16-7-8-17(10-11(16)2)14-9-12(18-3)5-6-13(14)15/h5-6,9,11H,4,7-8,10,15H2,1-3H3. The van der Waals surface area contributed by atoms with Crippen LogP contribution in [0.2, 0.25) is 0 Å². The number of methoxy groups -OCH3 is 1. The Morgan fingerprint density at radius 2 is 2.17 bits per heavy atom. The van der Waals surface area contributed by atoms with Gasteiger partial charge in [-0.05, 0) is 25.6 Å². The fourth-order valence-electron chi connectivity index (χ4n) is 2.61. The van der Waals surface area contributed by atoms with Crippen LogP contribution >= 0.6 is 0 Å². The van der Waals surface area contributed by atoms with Gasteiger partial charge in [0.2, 0.25) is 0 Å². The number of piperazine rings is 1.